The Hall–Kier alpha value is -1.60. The maximum atomic E-state index is 11.7. The molecule has 0 saturated heterocycles. The third kappa shape index (κ3) is 3.68. The van der Waals surface area contributed by atoms with Crippen molar-refractivity contribution < 1.29 is 19.8 Å². The molecule has 0 aromatic carbocycles. The number of nitrogens with one attached hydrogen (secondary N) is 2. The molecule has 0 bridgehead atoms. The van der Waals surface area contributed by atoms with E-state index in [1.807, 2.05) is 6.92 Å². The topological polar surface area (TPSA) is 98.7 Å². The number of carbonyl (C=O) groups excluding carboxylic acids is 1. The first-order valence-corrected chi connectivity index (χ1v) is 6.74. The Kier molecular flexibility index (Phi) is 5.31. The van der Waals surface area contributed by atoms with Crippen LogP contribution in [0, 0.1) is 13.8 Å². The van der Waals surface area contributed by atoms with Crippen LogP contribution < -0.4 is 10.6 Å². The van der Waals surface area contributed by atoms with Crippen molar-refractivity contribution in [3.05, 3.63) is 16.0 Å². The van der Waals surface area contributed by atoms with Gasteiger partial charge in [0.25, 0.3) is 0 Å². The second-order valence-electron chi connectivity index (χ2n) is 4.18. The molecule has 1 unspecified atom stereocenters. The van der Waals surface area contributed by atoms with Crippen LogP contribution in [-0.4, -0.2) is 34.9 Å². The SMILES string of the molecule is CCC(CO)NC(=O)Nc1sc(C)c(C)c1C(=O)O. The number of anilines is 1. The normalized spacial score (nSPS) is 12.0. The first-order chi connectivity index (χ1) is 8.90. The van der Waals surface area contributed by atoms with Crippen molar-refractivity contribution in [3.63, 3.8) is 0 Å². The van der Waals surface area contributed by atoms with Crippen LogP contribution in [0.4, 0.5) is 9.80 Å². The Bertz CT molecular complexity index is 480. The van der Waals surface area contributed by atoms with Gasteiger partial charge in [-0.15, -0.1) is 11.3 Å². The molecule has 0 radical (unpaired) electrons. The van der Waals surface area contributed by atoms with E-state index in [0.717, 1.165) is 4.88 Å². The monoisotopic (exact) mass is 286 g/mol. The molecule has 1 aromatic rings. The second kappa shape index (κ2) is 6.53. The number of hydrogen-bond acceptors (Lipinski definition) is 4. The lowest BCUT2D eigenvalue weighted by Crippen LogP contribution is -2.39. The van der Waals surface area contributed by atoms with Crippen LogP contribution >= 0.6 is 11.3 Å². The van der Waals surface area contributed by atoms with Crippen LogP contribution in [0.25, 0.3) is 0 Å². The first-order valence-electron chi connectivity index (χ1n) is 5.92. The molecular formula is C12H18N2O4S. The van der Waals surface area contributed by atoms with Crippen molar-refractivity contribution in [3.8, 4) is 0 Å². The summed E-state index contributed by atoms with van der Waals surface area (Å²) in [6.07, 6.45) is 0.595. The Morgan fingerprint density at radius 1 is 1.37 bits per heavy atom. The van der Waals surface area contributed by atoms with Gasteiger partial charge in [0.1, 0.15) is 5.00 Å². The lowest BCUT2D eigenvalue weighted by atomic mass is 10.1. The molecule has 4 N–H and O–H groups in total. The van der Waals surface area contributed by atoms with Gasteiger partial charge in [-0.05, 0) is 25.8 Å². The largest absolute Gasteiger partial charge is 0.478 e. The quantitative estimate of drug-likeness (QED) is 0.665. The van der Waals surface area contributed by atoms with Crippen LogP contribution in [0.1, 0.15) is 34.1 Å². The summed E-state index contributed by atoms with van der Waals surface area (Å²) in [5.74, 6) is -1.06. The zero-order valence-corrected chi connectivity index (χ0v) is 11.9. The maximum Gasteiger partial charge on any atom is 0.338 e. The highest BCUT2D eigenvalue weighted by molar-refractivity contribution is 7.16. The second-order valence-corrected chi connectivity index (χ2v) is 5.40. The summed E-state index contributed by atoms with van der Waals surface area (Å²) in [7, 11) is 0. The number of aryl methyl sites for hydroxylation is 1. The number of carboxylic acid groups (broad SMARTS) is 1. The van der Waals surface area contributed by atoms with E-state index < -0.39 is 12.0 Å². The predicted octanol–water partition coefficient (Wildman–Crippen LogP) is 1.96. The Balaban J connectivity index is 2.85. The molecule has 0 saturated carbocycles. The molecular weight excluding hydrogens is 268 g/mol. The summed E-state index contributed by atoms with van der Waals surface area (Å²) in [4.78, 5) is 23.7. The molecule has 19 heavy (non-hydrogen) atoms. The predicted molar refractivity (Wildman–Crippen MR) is 74.1 cm³/mol. The van der Waals surface area contributed by atoms with Crippen LogP contribution in [0.5, 0.6) is 0 Å². The Morgan fingerprint density at radius 2 is 2.00 bits per heavy atom. The summed E-state index contributed by atoms with van der Waals surface area (Å²) >= 11 is 1.22. The minimum atomic E-state index is -1.06. The summed E-state index contributed by atoms with van der Waals surface area (Å²) in [5, 5.41) is 23.6. The molecule has 6 nitrogen and oxygen atoms in total. The third-order valence-electron chi connectivity index (χ3n) is 2.87. The Labute approximate surface area is 115 Å². The van der Waals surface area contributed by atoms with Gasteiger partial charge >= 0.3 is 12.0 Å². The van der Waals surface area contributed by atoms with Crippen LogP contribution in [0.15, 0.2) is 0 Å². The maximum absolute atomic E-state index is 11.7. The molecule has 1 heterocycles. The average molecular weight is 286 g/mol. The van der Waals surface area contributed by atoms with E-state index in [0.29, 0.717) is 17.0 Å². The highest BCUT2D eigenvalue weighted by Crippen LogP contribution is 2.32. The minimum absolute atomic E-state index is 0.120. The molecule has 1 aromatic heterocycles. The highest BCUT2D eigenvalue weighted by Gasteiger charge is 2.20. The molecule has 0 fully saturated rings. The number of aromatic carboxylic acids is 1. The number of amides is 2. The summed E-state index contributed by atoms with van der Waals surface area (Å²) in [6.45, 7) is 5.19. The molecule has 0 spiro atoms. The standard InChI is InChI=1S/C12H18N2O4S/c1-4-8(5-15)13-12(18)14-10-9(11(16)17)6(2)7(3)19-10/h8,15H,4-5H2,1-3H3,(H,16,17)(H2,13,14,18). The molecule has 0 aliphatic rings. The van der Waals surface area contributed by atoms with Gasteiger partial charge in [0.2, 0.25) is 0 Å². The number of aliphatic hydroxyl groups excluding tert-OH is 1. The summed E-state index contributed by atoms with van der Waals surface area (Å²) in [5.41, 5.74) is 0.775. The van der Waals surface area contributed by atoms with E-state index in [2.05, 4.69) is 10.6 Å². The zero-order chi connectivity index (χ0) is 14.6. The van der Waals surface area contributed by atoms with Gasteiger partial charge in [-0.2, -0.15) is 0 Å². The van der Waals surface area contributed by atoms with E-state index in [-0.39, 0.29) is 18.2 Å². The van der Waals surface area contributed by atoms with E-state index in [1.165, 1.54) is 11.3 Å². The lowest BCUT2D eigenvalue weighted by molar-refractivity contribution is 0.0697. The number of urea groups is 1. The fraction of sp³-hybridized carbons (Fsp3) is 0.500. The Morgan fingerprint density at radius 3 is 2.47 bits per heavy atom. The van der Waals surface area contributed by atoms with Gasteiger partial charge < -0.3 is 15.5 Å². The van der Waals surface area contributed by atoms with Gasteiger partial charge in [-0.25, -0.2) is 9.59 Å². The molecule has 106 valence electrons. The molecule has 0 aliphatic carbocycles. The van der Waals surface area contributed by atoms with Crippen molar-refractivity contribution in [1.82, 2.24) is 5.32 Å². The van der Waals surface area contributed by atoms with E-state index in [9.17, 15) is 9.59 Å². The molecule has 1 rings (SSSR count). The lowest BCUT2D eigenvalue weighted by Gasteiger charge is -2.14. The molecule has 0 aliphatic heterocycles. The third-order valence-corrected chi connectivity index (χ3v) is 4.00. The van der Waals surface area contributed by atoms with E-state index in [1.54, 1.807) is 13.8 Å². The van der Waals surface area contributed by atoms with Crippen molar-refractivity contribution in [1.29, 1.82) is 0 Å². The van der Waals surface area contributed by atoms with Crippen LogP contribution in [0.3, 0.4) is 0 Å². The minimum Gasteiger partial charge on any atom is -0.478 e. The molecule has 2 amide bonds. The van der Waals surface area contributed by atoms with Crippen LogP contribution in [-0.2, 0) is 0 Å². The van der Waals surface area contributed by atoms with Crippen molar-refractivity contribution in [2.75, 3.05) is 11.9 Å². The fourth-order valence-corrected chi connectivity index (χ4v) is 2.62. The smallest absolute Gasteiger partial charge is 0.338 e. The molecule has 1 atom stereocenters. The van der Waals surface area contributed by atoms with Crippen molar-refractivity contribution >= 4 is 28.3 Å². The van der Waals surface area contributed by atoms with Gasteiger partial charge in [0.15, 0.2) is 0 Å². The molecule has 7 heteroatoms. The van der Waals surface area contributed by atoms with Gasteiger partial charge in [0.05, 0.1) is 18.2 Å². The van der Waals surface area contributed by atoms with Crippen molar-refractivity contribution in [2.45, 2.75) is 33.2 Å². The summed E-state index contributed by atoms with van der Waals surface area (Å²) < 4.78 is 0. The summed E-state index contributed by atoms with van der Waals surface area (Å²) in [6, 6.07) is -0.847. The van der Waals surface area contributed by atoms with Gasteiger partial charge in [-0.1, -0.05) is 6.92 Å². The first kappa shape index (κ1) is 15.5. The van der Waals surface area contributed by atoms with E-state index >= 15 is 0 Å². The van der Waals surface area contributed by atoms with E-state index in [4.69, 9.17) is 10.2 Å². The average Bonchev–Trinajstić information content (AvgIpc) is 2.61. The number of thiophene rings is 1. The number of hydrogen-bond donors (Lipinski definition) is 4. The fourth-order valence-electron chi connectivity index (χ4n) is 1.57. The van der Waals surface area contributed by atoms with Crippen LogP contribution in [0.2, 0.25) is 0 Å². The van der Waals surface area contributed by atoms with Gasteiger partial charge in [0, 0.05) is 4.88 Å². The highest BCUT2D eigenvalue weighted by atomic mass is 32.1. The van der Waals surface area contributed by atoms with Gasteiger partial charge in [-0.3, -0.25) is 5.32 Å². The zero-order valence-electron chi connectivity index (χ0n) is 11.1. The number of aliphatic hydroxyl groups is 1. The van der Waals surface area contributed by atoms with Crippen molar-refractivity contribution in [2.24, 2.45) is 0 Å². The number of carboxylic acids is 1. The number of rotatable bonds is 5. The number of carbonyl (C=O) groups is 2.